The standard InChI is InChI=1S/C16H25N5O3S/c1-16(2)5-7-19-13(16)15(24)20-8-11(22)18-6-3-4-12-21-10(9-25-12)14(17)23/h9,13,19H,3-8H2,1-2H3,(H2,17,23)(H,18,22)(H,20,24). The Morgan fingerprint density at radius 1 is 1.40 bits per heavy atom. The molecular weight excluding hydrogens is 342 g/mol. The fourth-order valence-electron chi connectivity index (χ4n) is 2.75. The van der Waals surface area contributed by atoms with E-state index < -0.39 is 5.91 Å². The smallest absolute Gasteiger partial charge is 0.268 e. The van der Waals surface area contributed by atoms with E-state index in [1.807, 2.05) is 13.8 Å². The van der Waals surface area contributed by atoms with Crippen LogP contribution in [0, 0.1) is 5.41 Å². The molecule has 0 spiro atoms. The Labute approximate surface area is 151 Å². The van der Waals surface area contributed by atoms with Gasteiger partial charge in [0.15, 0.2) is 0 Å². The van der Waals surface area contributed by atoms with Crippen molar-refractivity contribution in [2.75, 3.05) is 19.6 Å². The molecule has 0 bridgehead atoms. The van der Waals surface area contributed by atoms with Gasteiger partial charge < -0.3 is 21.7 Å². The van der Waals surface area contributed by atoms with Gasteiger partial charge in [0.25, 0.3) is 5.91 Å². The molecule has 1 saturated heterocycles. The maximum absolute atomic E-state index is 12.1. The molecule has 2 heterocycles. The molecule has 0 aromatic carbocycles. The van der Waals surface area contributed by atoms with Gasteiger partial charge in [0.2, 0.25) is 11.8 Å². The summed E-state index contributed by atoms with van der Waals surface area (Å²) < 4.78 is 0. The van der Waals surface area contributed by atoms with Gasteiger partial charge in [-0.05, 0) is 24.8 Å². The Kier molecular flexibility index (Phi) is 6.49. The first kappa shape index (κ1) is 19.3. The van der Waals surface area contributed by atoms with Gasteiger partial charge in [-0.3, -0.25) is 14.4 Å². The molecule has 1 aliphatic heterocycles. The molecule has 1 unspecified atom stereocenters. The van der Waals surface area contributed by atoms with Crippen LogP contribution in [0.1, 0.15) is 42.2 Å². The summed E-state index contributed by atoms with van der Waals surface area (Å²) in [6, 6.07) is -0.260. The fraction of sp³-hybridized carbons (Fsp3) is 0.625. The van der Waals surface area contributed by atoms with E-state index in [1.54, 1.807) is 5.38 Å². The van der Waals surface area contributed by atoms with Crippen molar-refractivity contribution in [1.82, 2.24) is 20.9 Å². The second-order valence-corrected chi connectivity index (χ2v) is 7.73. The van der Waals surface area contributed by atoms with E-state index in [4.69, 9.17) is 5.73 Å². The largest absolute Gasteiger partial charge is 0.364 e. The number of primary amides is 1. The van der Waals surface area contributed by atoms with E-state index in [-0.39, 0.29) is 35.5 Å². The second-order valence-electron chi connectivity index (χ2n) is 6.79. The summed E-state index contributed by atoms with van der Waals surface area (Å²) in [5.41, 5.74) is 5.32. The highest BCUT2D eigenvalue weighted by Gasteiger charge is 2.39. The number of nitrogens with two attached hydrogens (primary N) is 1. The van der Waals surface area contributed by atoms with E-state index in [9.17, 15) is 14.4 Å². The molecule has 5 N–H and O–H groups in total. The monoisotopic (exact) mass is 367 g/mol. The Morgan fingerprint density at radius 3 is 2.76 bits per heavy atom. The van der Waals surface area contributed by atoms with Gasteiger partial charge in [-0.2, -0.15) is 0 Å². The summed E-state index contributed by atoms with van der Waals surface area (Å²) in [6.45, 7) is 5.34. The van der Waals surface area contributed by atoms with Crippen LogP contribution in [-0.2, 0) is 16.0 Å². The molecule has 2 rings (SSSR count). The first-order valence-electron chi connectivity index (χ1n) is 8.31. The average molecular weight is 367 g/mol. The highest BCUT2D eigenvalue weighted by molar-refractivity contribution is 7.09. The molecule has 1 aromatic rings. The summed E-state index contributed by atoms with van der Waals surface area (Å²) in [7, 11) is 0. The predicted octanol–water partition coefficient (Wildman–Crippen LogP) is -0.205. The number of nitrogens with zero attached hydrogens (tertiary/aromatic N) is 1. The van der Waals surface area contributed by atoms with E-state index >= 15 is 0 Å². The van der Waals surface area contributed by atoms with Crippen molar-refractivity contribution >= 4 is 29.1 Å². The number of aromatic nitrogens is 1. The molecule has 3 amide bonds. The minimum atomic E-state index is -0.536. The van der Waals surface area contributed by atoms with Crippen molar-refractivity contribution in [2.24, 2.45) is 11.1 Å². The molecule has 0 radical (unpaired) electrons. The van der Waals surface area contributed by atoms with Gasteiger partial charge >= 0.3 is 0 Å². The molecule has 8 nitrogen and oxygen atoms in total. The van der Waals surface area contributed by atoms with E-state index in [1.165, 1.54) is 11.3 Å². The molecule has 1 fully saturated rings. The van der Waals surface area contributed by atoms with Crippen LogP contribution in [0.2, 0.25) is 0 Å². The highest BCUT2D eigenvalue weighted by atomic mass is 32.1. The second kappa shape index (κ2) is 8.39. The molecule has 1 aliphatic rings. The van der Waals surface area contributed by atoms with Crippen LogP contribution in [0.5, 0.6) is 0 Å². The van der Waals surface area contributed by atoms with Crippen LogP contribution in [0.4, 0.5) is 0 Å². The molecule has 1 atom stereocenters. The summed E-state index contributed by atoms with van der Waals surface area (Å²) in [4.78, 5) is 39.0. The van der Waals surface area contributed by atoms with Crippen molar-refractivity contribution < 1.29 is 14.4 Å². The Bertz CT molecular complexity index is 643. The highest BCUT2D eigenvalue weighted by Crippen LogP contribution is 2.29. The minimum Gasteiger partial charge on any atom is -0.364 e. The molecular formula is C16H25N5O3S. The molecule has 0 aliphatic carbocycles. The Balaban J connectivity index is 1.62. The maximum Gasteiger partial charge on any atom is 0.268 e. The Hall–Kier alpha value is -2.00. The maximum atomic E-state index is 12.1. The first-order chi connectivity index (χ1) is 11.8. The number of rotatable bonds is 8. The molecule has 0 saturated carbocycles. The average Bonchev–Trinajstić information content (AvgIpc) is 3.15. The summed E-state index contributed by atoms with van der Waals surface area (Å²) >= 11 is 1.38. The Morgan fingerprint density at radius 2 is 2.16 bits per heavy atom. The molecule has 25 heavy (non-hydrogen) atoms. The number of amides is 3. The first-order valence-corrected chi connectivity index (χ1v) is 9.19. The number of aryl methyl sites for hydroxylation is 1. The van der Waals surface area contributed by atoms with Crippen molar-refractivity contribution in [2.45, 2.75) is 39.2 Å². The third-order valence-electron chi connectivity index (χ3n) is 4.28. The number of nitrogens with one attached hydrogen (secondary N) is 3. The quantitative estimate of drug-likeness (QED) is 0.473. The van der Waals surface area contributed by atoms with Gasteiger partial charge in [0, 0.05) is 18.3 Å². The van der Waals surface area contributed by atoms with Crippen LogP contribution in [-0.4, -0.2) is 48.4 Å². The number of hydrogen-bond acceptors (Lipinski definition) is 6. The van der Waals surface area contributed by atoms with Gasteiger partial charge in [0.05, 0.1) is 17.6 Å². The van der Waals surface area contributed by atoms with Crippen molar-refractivity contribution in [3.8, 4) is 0 Å². The zero-order chi connectivity index (χ0) is 18.4. The predicted molar refractivity (Wildman–Crippen MR) is 95.2 cm³/mol. The zero-order valence-electron chi connectivity index (χ0n) is 14.6. The third-order valence-corrected chi connectivity index (χ3v) is 5.19. The summed E-state index contributed by atoms with van der Waals surface area (Å²) in [5, 5.41) is 11.0. The van der Waals surface area contributed by atoms with Crippen molar-refractivity contribution in [1.29, 1.82) is 0 Å². The molecule has 1 aromatic heterocycles. The number of hydrogen-bond donors (Lipinski definition) is 4. The summed E-state index contributed by atoms with van der Waals surface area (Å²) in [6.07, 6.45) is 2.29. The number of carbonyl (C=O) groups excluding carboxylic acids is 3. The van der Waals surface area contributed by atoms with E-state index in [0.29, 0.717) is 19.4 Å². The van der Waals surface area contributed by atoms with Gasteiger partial charge in [0.1, 0.15) is 5.69 Å². The molecule has 9 heteroatoms. The number of thiazole rings is 1. The van der Waals surface area contributed by atoms with Gasteiger partial charge in [-0.25, -0.2) is 4.98 Å². The fourth-order valence-corrected chi connectivity index (χ4v) is 3.57. The van der Waals surface area contributed by atoms with Crippen LogP contribution in [0.3, 0.4) is 0 Å². The summed E-state index contributed by atoms with van der Waals surface area (Å²) in [5.74, 6) is -0.896. The minimum absolute atomic E-state index is 0.0316. The van der Waals surface area contributed by atoms with E-state index in [2.05, 4.69) is 20.9 Å². The van der Waals surface area contributed by atoms with Gasteiger partial charge in [-0.15, -0.1) is 11.3 Å². The zero-order valence-corrected chi connectivity index (χ0v) is 15.4. The van der Waals surface area contributed by atoms with Crippen LogP contribution in [0.15, 0.2) is 5.38 Å². The van der Waals surface area contributed by atoms with E-state index in [0.717, 1.165) is 18.0 Å². The SMILES string of the molecule is CC1(C)CCNC1C(=O)NCC(=O)NCCCc1nc(C(N)=O)cs1. The van der Waals surface area contributed by atoms with Crippen molar-refractivity contribution in [3.63, 3.8) is 0 Å². The molecule has 138 valence electrons. The van der Waals surface area contributed by atoms with Crippen LogP contribution in [0.25, 0.3) is 0 Å². The van der Waals surface area contributed by atoms with Crippen LogP contribution < -0.4 is 21.7 Å². The lowest BCUT2D eigenvalue weighted by Crippen LogP contribution is -2.49. The number of carbonyl (C=O) groups is 3. The van der Waals surface area contributed by atoms with Gasteiger partial charge in [-0.1, -0.05) is 13.8 Å². The normalized spacial score (nSPS) is 18.7. The lowest BCUT2D eigenvalue weighted by Gasteiger charge is -2.25. The topological polar surface area (TPSA) is 126 Å². The lowest BCUT2D eigenvalue weighted by atomic mass is 9.84. The third kappa shape index (κ3) is 5.50. The van der Waals surface area contributed by atoms with Crippen molar-refractivity contribution in [3.05, 3.63) is 16.1 Å². The van der Waals surface area contributed by atoms with Crippen LogP contribution >= 0.6 is 11.3 Å². The lowest BCUT2D eigenvalue weighted by molar-refractivity contribution is -0.128.